The number of ether oxygens (including phenoxy) is 1. The number of carbonyl (C=O) groups is 1. The average molecular weight is 509 g/mol. The summed E-state index contributed by atoms with van der Waals surface area (Å²) >= 11 is 0. The Morgan fingerprint density at radius 2 is 1.83 bits per heavy atom. The molecule has 1 atom stereocenters. The van der Waals surface area contributed by atoms with Gasteiger partial charge in [0.2, 0.25) is 15.9 Å². The van der Waals surface area contributed by atoms with Gasteiger partial charge in [-0.2, -0.15) is 4.31 Å². The number of aliphatic hydroxyl groups is 1. The lowest BCUT2D eigenvalue weighted by Crippen LogP contribution is -2.37. The molecule has 3 aromatic carbocycles. The van der Waals surface area contributed by atoms with Crippen molar-refractivity contribution in [1.29, 1.82) is 0 Å². The zero-order valence-corrected chi connectivity index (χ0v) is 21.0. The quantitative estimate of drug-likeness (QED) is 0.470. The van der Waals surface area contributed by atoms with Crippen LogP contribution < -0.4 is 10.1 Å². The van der Waals surface area contributed by atoms with Crippen molar-refractivity contribution in [3.8, 4) is 16.9 Å². The lowest BCUT2D eigenvalue weighted by atomic mass is 9.93. The molecule has 190 valence electrons. The predicted octanol–water partition coefficient (Wildman–Crippen LogP) is 4.42. The smallest absolute Gasteiger partial charge is 0.243 e. The van der Waals surface area contributed by atoms with Crippen molar-refractivity contribution in [1.82, 2.24) is 4.31 Å². The van der Waals surface area contributed by atoms with Gasteiger partial charge < -0.3 is 15.2 Å². The summed E-state index contributed by atoms with van der Waals surface area (Å²) in [5.74, 6) is 0.655. The molecule has 0 aromatic heterocycles. The van der Waals surface area contributed by atoms with E-state index in [-0.39, 0.29) is 24.9 Å². The van der Waals surface area contributed by atoms with Crippen molar-refractivity contribution in [2.45, 2.75) is 42.0 Å². The van der Waals surface area contributed by atoms with E-state index in [2.05, 4.69) is 5.32 Å². The van der Waals surface area contributed by atoms with Gasteiger partial charge in [-0.15, -0.1) is 0 Å². The fourth-order valence-corrected chi connectivity index (χ4v) is 6.76. The van der Waals surface area contributed by atoms with Gasteiger partial charge in [0.15, 0.2) is 0 Å². The van der Waals surface area contributed by atoms with E-state index in [4.69, 9.17) is 4.74 Å². The number of anilines is 1. The fourth-order valence-electron chi connectivity index (χ4n) is 5.07. The summed E-state index contributed by atoms with van der Waals surface area (Å²) in [5.41, 5.74) is 2.71. The molecule has 1 aliphatic carbocycles. The molecule has 1 aliphatic heterocycles. The summed E-state index contributed by atoms with van der Waals surface area (Å²) in [6.07, 6.45) is 2.95. The first-order valence-corrected chi connectivity index (χ1v) is 13.6. The Balaban J connectivity index is 0.00000320. The van der Waals surface area contributed by atoms with Gasteiger partial charge in [-0.05, 0) is 67.1 Å². The first kappa shape index (κ1) is 24.5. The number of para-hydroxylation sites is 1. The van der Waals surface area contributed by atoms with Gasteiger partial charge in [-0.1, -0.05) is 42.5 Å². The molecule has 0 unspecified atom stereocenters. The molecule has 3 aromatic rings. The third kappa shape index (κ3) is 4.40. The van der Waals surface area contributed by atoms with E-state index < -0.39 is 15.4 Å². The summed E-state index contributed by atoms with van der Waals surface area (Å²) < 4.78 is 33.0. The van der Waals surface area contributed by atoms with Crippen LogP contribution in [0, 0.1) is 0 Å². The summed E-state index contributed by atoms with van der Waals surface area (Å²) in [7, 11) is -2.04. The minimum atomic E-state index is -3.66. The molecule has 1 saturated carbocycles. The van der Waals surface area contributed by atoms with E-state index in [0.29, 0.717) is 24.4 Å². The highest BCUT2D eigenvalue weighted by Crippen LogP contribution is 2.52. The van der Waals surface area contributed by atoms with Crippen LogP contribution in [0.4, 0.5) is 5.69 Å². The molecule has 2 aliphatic rings. The lowest BCUT2D eigenvalue weighted by Gasteiger charge is -2.22. The van der Waals surface area contributed by atoms with Gasteiger partial charge in [0, 0.05) is 25.3 Å². The van der Waals surface area contributed by atoms with Gasteiger partial charge in [0.05, 0.1) is 24.0 Å². The number of benzene rings is 3. The first-order chi connectivity index (χ1) is 17.4. The van der Waals surface area contributed by atoms with Gasteiger partial charge in [0.1, 0.15) is 5.75 Å². The van der Waals surface area contributed by atoms with Crippen LogP contribution >= 0.6 is 0 Å². The van der Waals surface area contributed by atoms with Crippen molar-refractivity contribution in [3.05, 3.63) is 78.4 Å². The van der Waals surface area contributed by atoms with Crippen LogP contribution in [0.2, 0.25) is 0 Å². The highest BCUT2D eigenvalue weighted by Gasteiger charge is 2.52. The first-order valence-electron chi connectivity index (χ1n) is 12.2. The monoisotopic (exact) mass is 508 g/mol. The van der Waals surface area contributed by atoms with Crippen LogP contribution in [-0.2, 0) is 20.2 Å². The molecular weight excluding hydrogens is 476 g/mol. The summed E-state index contributed by atoms with van der Waals surface area (Å²) in [6.45, 7) is 0.252. The summed E-state index contributed by atoms with van der Waals surface area (Å²) in [4.78, 5) is 13.5. The molecule has 0 spiro atoms. The largest absolute Gasteiger partial charge is 0.496 e. The zero-order valence-electron chi connectivity index (χ0n) is 20.2. The Hall–Kier alpha value is -3.20. The van der Waals surface area contributed by atoms with E-state index in [1.54, 1.807) is 31.4 Å². The number of nitrogens with one attached hydrogen (secondary N) is 1. The van der Waals surface area contributed by atoms with Gasteiger partial charge in [-0.3, -0.25) is 4.79 Å². The predicted molar refractivity (Wildman–Crippen MR) is 141 cm³/mol. The number of methoxy groups -OCH3 is 1. The maximum absolute atomic E-state index is 13.3. The second-order valence-corrected chi connectivity index (χ2v) is 11.3. The van der Waals surface area contributed by atoms with Crippen LogP contribution in [0.25, 0.3) is 11.1 Å². The number of hydrogen-bond donors (Lipinski definition) is 2. The molecule has 1 saturated heterocycles. The van der Waals surface area contributed by atoms with Crippen LogP contribution in [-0.4, -0.2) is 50.0 Å². The van der Waals surface area contributed by atoms with Gasteiger partial charge in [-0.25, -0.2) is 8.42 Å². The van der Waals surface area contributed by atoms with Crippen molar-refractivity contribution in [2.24, 2.45) is 0 Å². The number of amides is 1. The normalized spacial score (nSPS) is 19.1. The van der Waals surface area contributed by atoms with E-state index >= 15 is 0 Å². The minimum Gasteiger partial charge on any atom is -0.496 e. The molecule has 0 bridgehead atoms. The van der Waals surface area contributed by atoms with Crippen molar-refractivity contribution < 1.29 is 24.5 Å². The lowest BCUT2D eigenvalue weighted by molar-refractivity contribution is -0.118. The third-order valence-electron chi connectivity index (χ3n) is 7.26. The van der Waals surface area contributed by atoms with Gasteiger partial charge >= 0.3 is 0 Å². The molecule has 2 N–H and O–H groups in total. The fraction of sp³-hybridized carbons (Fsp3) is 0.321. The second-order valence-electron chi connectivity index (χ2n) is 9.44. The molecule has 5 rings (SSSR count). The van der Waals surface area contributed by atoms with Crippen LogP contribution in [0.15, 0.2) is 77.7 Å². The van der Waals surface area contributed by atoms with E-state index in [1.807, 2.05) is 48.5 Å². The Morgan fingerprint density at radius 1 is 1.08 bits per heavy atom. The Bertz CT molecular complexity index is 1370. The minimum absolute atomic E-state index is 0. The van der Waals surface area contributed by atoms with E-state index in [9.17, 15) is 18.3 Å². The Labute approximate surface area is 213 Å². The molecule has 1 heterocycles. The maximum atomic E-state index is 13.3. The maximum Gasteiger partial charge on any atom is 0.243 e. The molecule has 7 nitrogen and oxygen atoms in total. The van der Waals surface area contributed by atoms with Crippen LogP contribution in [0.1, 0.15) is 32.7 Å². The highest BCUT2D eigenvalue weighted by molar-refractivity contribution is 7.89. The molecular formula is C28H32N2O5S. The second kappa shape index (κ2) is 9.69. The standard InChI is InChI=1S/C28H30N2O5S.H2/c1-35-26-10-3-2-9-25(26)28(15-16-28)27(32)29-22-7-4-6-21(18-22)20-11-13-24(14-12-20)36(33,34)30-17-5-8-23(30)19-31;/h2-4,6-7,9-14,18,23,31H,5,8,15-17,19H2,1H3,(H,29,32);1H/t23-;/m1./s1. The van der Waals surface area contributed by atoms with Crippen molar-refractivity contribution >= 4 is 21.6 Å². The average Bonchev–Trinajstić information content (AvgIpc) is 3.57. The molecule has 1 amide bonds. The van der Waals surface area contributed by atoms with Crippen LogP contribution in [0.5, 0.6) is 5.75 Å². The topological polar surface area (TPSA) is 95.9 Å². The number of rotatable bonds is 8. The Kier molecular flexibility index (Phi) is 6.59. The van der Waals surface area contributed by atoms with E-state index in [0.717, 1.165) is 36.0 Å². The molecule has 8 heteroatoms. The summed E-state index contributed by atoms with van der Waals surface area (Å²) in [5, 5.41) is 12.6. The highest BCUT2D eigenvalue weighted by atomic mass is 32.2. The van der Waals surface area contributed by atoms with Crippen molar-refractivity contribution in [3.63, 3.8) is 0 Å². The number of hydrogen-bond acceptors (Lipinski definition) is 5. The number of nitrogens with zero attached hydrogens (tertiary/aromatic N) is 1. The Morgan fingerprint density at radius 3 is 2.53 bits per heavy atom. The zero-order chi connectivity index (χ0) is 25.3. The number of carbonyl (C=O) groups excluding carboxylic acids is 1. The third-order valence-corrected chi connectivity index (χ3v) is 9.22. The SMILES string of the molecule is COc1ccccc1C1(C(=O)Nc2cccc(-c3ccc(S(=O)(=O)N4CCC[C@@H]4CO)cc3)c2)CC1.[HH]. The molecule has 36 heavy (non-hydrogen) atoms. The van der Waals surface area contributed by atoms with Crippen molar-refractivity contribution in [2.75, 3.05) is 25.6 Å². The van der Waals surface area contributed by atoms with Crippen LogP contribution in [0.3, 0.4) is 0 Å². The van der Waals surface area contributed by atoms with Gasteiger partial charge in [0.25, 0.3) is 0 Å². The number of aliphatic hydroxyl groups excluding tert-OH is 1. The molecule has 2 fully saturated rings. The summed E-state index contributed by atoms with van der Waals surface area (Å²) in [6, 6.07) is 21.6. The number of sulfonamides is 1. The molecule has 0 radical (unpaired) electrons. The van der Waals surface area contributed by atoms with E-state index in [1.165, 1.54) is 4.31 Å².